The molecule has 2 nitrogen and oxygen atoms in total. The van der Waals surface area contributed by atoms with Crippen LogP contribution in [0, 0.1) is 0 Å². The molecule has 0 saturated carbocycles. The van der Waals surface area contributed by atoms with Gasteiger partial charge in [0.1, 0.15) is 9.52 Å². The Kier molecular flexibility index (Phi) is 4.34. The van der Waals surface area contributed by atoms with Gasteiger partial charge in [-0.15, -0.1) is 0 Å². The van der Waals surface area contributed by atoms with Crippen molar-refractivity contribution in [3.05, 3.63) is 84.4 Å². The van der Waals surface area contributed by atoms with Crippen molar-refractivity contribution in [2.45, 2.75) is 0 Å². The fourth-order valence-electron chi connectivity index (χ4n) is 1.94. The van der Waals surface area contributed by atoms with Crippen LogP contribution >= 0.6 is 0 Å². The Morgan fingerprint density at radius 2 is 1.52 bits per heavy atom. The molecular weight excluding hydrogens is 272 g/mol. The average molecular weight is 286 g/mol. The van der Waals surface area contributed by atoms with Crippen LogP contribution in [0.4, 0.5) is 0 Å². The third kappa shape index (κ3) is 3.97. The molecule has 0 amide bonds. The molecule has 0 spiro atoms. The third-order valence-electron chi connectivity index (χ3n) is 3.00. The van der Waals surface area contributed by atoms with E-state index in [2.05, 4.69) is 64.6 Å². The fourth-order valence-corrected chi connectivity index (χ4v) is 2.97. The lowest BCUT2D eigenvalue weighted by Crippen LogP contribution is -2.26. The van der Waals surface area contributed by atoms with Crippen LogP contribution in [0.5, 0.6) is 0 Å². The van der Waals surface area contributed by atoms with E-state index in [9.17, 15) is 0 Å². The first-order valence-electron chi connectivity index (χ1n) is 6.76. The Labute approximate surface area is 127 Å². The van der Waals surface area contributed by atoms with Gasteiger partial charge in [-0.1, -0.05) is 71.0 Å². The molecule has 0 fully saturated rings. The van der Waals surface area contributed by atoms with Gasteiger partial charge in [-0.2, -0.15) is 0 Å². The monoisotopic (exact) mass is 286 g/mol. The maximum absolute atomic E-state index is 4.22. The zero-order chi connectivity index (χ0) is 14.3. The lowest BCUT2D eigenvalue weighted by atomic mass is 10.2. The fraction of sp³-hybridized carbons (Fsp3) is 0. The molecule has 3 heteroatoms. The van der Waals surface area contributed by atoms with E-state index in [4.69, 9.17) is 0 Å². The smallest absolute Gasteiger partial charge is 0.121 e. The maximum Gasteiger partial charge on any atom is 0.121 e. The summed E-state index contributed by atoms with van der Waals surface area (Å²) in [5, 5.41) is 2.71. The van der Waals surface area contributed by atoms with Gasteiger partial charge in [-0.05, 0) is 11.6 Å². The first-order chi connectivity index (χ1) is 10.4. The van der Waals surface area contributed by atoms with Crippen molar-refractivity contribution in [2.24, 2.45) is 0 Å². The van der Waals surface area contributed by atoms with Crippen molar-refractivity contribution in [1.82, 2.24) is 9.97 Å². The van der Waals surface area contributed by atoms with Crippen molar-refractivity contribution >= 4 is 32.0 Å². The van der Waals surface area contributed by atoms with Crippen LogP contribution in [-0.4, -0.2) is 19.5 Å². The predicted molar refractivity (Wildman–Crippen MR) is 88.9 cm³/mol. The van der Waals surface area contributed by atoms with E-state index < -0.39 is 0 Å². The van der Waals surface area contributed by atoms with Gasteiger partial charge in [0.25, 0.3) is 0 Å². The molecule has 21 heavy (non-hydrogen) atoms. The number of hydrogen-bond acceptors (Lipinski definition) is 2. The number of aromatic nitrogens is 2. The molecule has 0 aliphatic rings. The molecule has 1 aromatic heterocycles. The molecule has 2 radical (unpaired) electrons. The summed E-state index contributed by atoms with van der Waals surface area (Å²) >= 11 is 0. The van der Waals surface area contributed by atoms with E-state index in [1.54, 1.807) is 18.6 Å². The second kappa shape index (κ2) is 6.77. The molecule has 0 unspecified atom stereocenters. The Morgan fingerprint density at radius 3 is 2.24 bits per heavy atom. The Balaban J connectivity index is 1.68. The van der Waals surface area contributed by atoms with Crippen molar-refractivity contribution in [1.29, 1.82) is 0 Å². The maximum atomic E-state index is 4.22. The van der Waals surface area contributed by atoms with Gasteiger partial charge in [-0.3, -0.25) is 9.97 Å². The number of benzene rings is 2. The minimum Gasteiger partial charge on any atom is -0.261 e. The minimum absolute atomic E-state index is 0.702. The Morgan fingerprint density at radius 1 is 0.762 bits per heavy atom. The molecular formula is C18H14N2Si. The molecule has 0 aliphatic carbocycles. The Hall–Kier alpha value is -2.52. The summed E-state index contributed by atoms with van der Waals surface area (Å²) in [6.45, 7) is 0. The number of rotatable bonds is 4. The minimum atomic E-state index is 0.702. The van der Waals surface area contributed by atoms with Gasteiger partial charge < -0.3 is 0 Å². The second-order valence-electron chi connectivity index (χ2n) is 4.58. The molecule has 0 N–H and O–H groups in total. The molecule has 0 bridgehead atoms. The van der Waals surface area contributed by atoms with Crippen molar-refractivity contribution in [2.75, 3.05) is 0 Å². The second-order valence-corrected chi connectivity index (χ2v) is 5.98. The quantitative estimate of drug-likeness (QED) is 0.688. The summed E-state index contributed by atoms with van der Waals surface area (Å²) < 4.78 is 0. The zero-order valence-electron chi connectivity index (χ0n) is 11.5. The van der Waals surface area contributed by atoms with Gasteiger partial charge in [0.2, 0.25) is 0 Å². The van der Waals surface area contributed by atoms with Gasteiger partial charge in [0.15, 0.2) is 0 Å². The van der Waals surface area contributed by atoms with Crippen molar-refractivity contribution < 1.29 is 0 Å². The molecule has 0 aliphatic heterocycles. The van der Waals surface area contributed by atoms with E-state index in [-0.39, 0.29) is 0 Å². The van der Waals surface area contributed by atoms with E-state index in [0.717, 1.165) is 5.69 Å². The first-order valence-corrected chi connectivity index (χ1v) is 7.76. The third-order valence-corrected chi connectivity index (χ3v) is 4.25. The van der Waals surface area contributed by atoms with E-state index in [0.29, 0.717) is 9.52 Å². The largest absolute Gasteiger partial charge is 0.261 e. The predicted octanol–water partition coefficient (Wildman–Crippen LogP) is 2.30. The zero-order valence-corrected chi connectivity index (χ0v) is 12.5. The van der Waals surface area contributed by atoms with E-state index >= 15 is 0 Å². The van der Waals surface area contributed by atoms with E-state index in [1.165, 1.54) is 15.9 Å². The molecule has 1 heterocycles. The van der Waals surface area contributed by atoms with Crippen LogP contribution < -0.4 is 10.4 Å². The summed E-state index contributed by atoms with van der Waals surface area (Å²) in [7, 11) is 0.702. The van der Waals surface area contributed by atoms with Crippen LogP contribution in [0.25, 0.3) is 12.2 Å². The summed E-state index contributed by atoms with van der Waals surface area (Å²) in [5.74, 6) is 0. The highest BCUT2D eigenvalue weighted by Gasteiger charge is 1.97. The molecule has 3 aromatic rings. The lowest BCUT2D eigenvalue weighted by molar-refractivity contribution is 1.18. The first kappa shape index (κ1) is 13.5. The van der Waals surface area contributed by atoms with Crippen LogP contribution in [0.2, 0.25) is 0 Å². The molecule has 0 atom stereocenters. The summed E-state index contributed by atoms with van der Waals surface area (Å²) in [6, 6.07) is 19.2. The highest BCUT2D eigenvalue weighted by molar-refractivity contribution is 6.67. The summed E-state index contributed by atoms with van der Waals surface area (Å²) in [5.41, 5.74) is 2.04. The van der Waals surface area contributed by atoms with Crippen LogP contribution in [-0.2, 0) is 0 Å². The van der Waals surface area contributed by atoms with Gasteiger partial charge in [0, 0.05) is 12.4 Å². The summed E-state index contributed by atoms with van der Waals surface area (Å²) in [6.07, 6.45) is 9.16. The highest BCUT2D eigenvalue weighted by atomic mass is 28.2. The van der Waals surface area contributed by atoms with Gasteiger partial charge >= 0.3 is 0 Å². The average Bonchev–Trinajstić information content (AvgIpc) is 2.56. The highest BCUT2D eigenvalue weighted by Crippen LogP contribution is 2.04. The topological polar surface area (TPSA) is 25.8 Å². The molecule has 3 rings (SSSR count). The van der Waals surface area contributed by atoms with Crippen molar-refractivity contribution in [3.63, 3.8) is 0 Å². The number of nitrogens with zero attached hydrogens (tertiary/aromatic N) is 2. The van der Waals surface area contributed by atoms with Gasteiger partial charge in [0.05, 0.1) is 11.9 Å². The lowest BCUT2D eigenvalue weighted by Gasteiger charge is -2.01. The van der Waals surface area contributed by atoms with E-state index in [1.807, 2.05) is 12.1 Å². The SMILES string of the molecule is C(=C\c1cnccn1)/c1ccc([Si]c2ccccc2)cc1. The normalized spacial score (nSPS) is 10.9. The number of hydrogen-bond donors (Lipinski definition) is 0. The molecule has 0 saturated heterocycles. The summed E-state index contributed by atoms with van der Waals surface area (Å²) in [4.78, 5) is 8.26. The van der Waals surface area contributed by atoms with Crippen LogP contribution in [0.3, 0.4) is 0 Å². The molecule has 2 aromatic carbocycles. The van der Waals surface area contributed by atoms with Crippen LogP contribution in [0.15, 0.2) is 73.2 Å². The standard InChI is InChI=1S/C18H14N2Si/c1-2-4-17(5-3-1)21-18-10-7-15(8-11-18)6-9-16-14-19-12-13-20-16/h1-14H/b9-6+. The van der Waals surface area contributed by atoms with Crippen LogP contribution in [0.1, 0.15) is 11.3 Å². The van der Waals surface area contributed by atoms with Crippen molar-refractivity contribution in [3.8, 4) is 0 Å². The molecule has 100 valence electrons. The Bertz CT molecular complexity index is 707. The van der Waals surface area contributed by atoms with Gasteiger partial charge in [-0.25, -0.2) is 0 Å².